The second kappa shape index (κ2) is 8.33. The predicted molar refractivity (Wildman–Crippen MR) is 119 cm³/mol. The third-order valence-electron chi connectivity index (χ3n) is 5.52. The normalized spacial score (nSPS) is 14.9. The number of benzene rings is 2. The number of nitrogens with one attached hydrogen (secondary N) is 2. The van der Waals surface area contributed by atoms with Crippen molar-refractivity contribution in [3.63, 3.8) is 0 Å². The van der Waals surface area contributed by atoms with E-state index in [1.807, 2.05) is 32.3 Å². The molecule has 0 spiro atoms. The van der Waals surface area contributed by atoms with Crippen LogP contribution in [0, 0.1) is 5.92 Å². The smallest absolute Gasteiger partial charge is 0.223 e. The van der Waals surface area contributed by atoms with Gasteiger partial charge in [-0.05, 0) is 48.7 Å². The van der Waals surface area contributed by atoms with Crippen LogP contribution in [0.25, 0.3) is 11.0 Å². The SMILES string of the molecule is CN(C)c1ccc(CNC(=O)C2CCN(c3nc4ccc(Cl)cc4[nH]3)CC2)cc1. The van der Waals surface area contributed by atoms with Gasteiger partial charge >= 0.3 is 0 Å². The van der Waals surface area contributed by atoms with E-state index >= 15 is 0 Å². The largest absolute Gasteiger partial charge is 0.378 e. The lowest BCUT2D eigenvalue weighted by atomic mass is 9.96. The average molecular weight is 412 g/mol. The summed E-state index contributed by atoms with van der Waals surface area (Å²) in [4.78, 5) is 24.8. The van der Waals surface area contributed by atoms with Gasteiger partial charge in [-0.3, -0.25) is 4.79 Å². The summed E-state index contributed by atoms with van der Waals surface area (Å²) in [7, 11) is 4.03. The van der Waals surface area contributed by atoms with E-state index in [0.717, 1.165) is 54.2 Å². The second-order valence-electron chi connectivity index (χ2n) is 7.76. The number of fused-ring (bicyclic) bond motifs is 1. The number of hydrogen-bond acceptors (Lipinski definition) is 4. The first-order valence-corrected chi connectivity index (χ1v) is 10.3. The van der Waals surface area contributed by atoms with Gasteiger partial charge in [-0.2, -0.15) is 0 Å². The lowest BCUT2D eigenvalue weighted by Crippen LogP contribution is -2.40. The van der Waals surface area contributed by atoms with Crippen LogP contribution in [-0.4, -0.2) is 43.1 Å². The zero-order chi connectivity index (χ0) is 20.4. The number of anilines is 2. The fourth-order valence-electron chi connectivity index (χ4n) is 3.72. The fourth-order valence-corrected chi connectivity index (χ4v) is 3.89. The quantitative estimate of drug-likeness (QED) is 0.670. The standard InChI is InChI=1S/C22H26ClN5O/c1-27(2)18-6-3-15(4-7-18)14-24-21(29)16-9-11-28(12-10-16)22-25-19-8-5-17(23)13-20(19)26-22/h3-8,13,16H,9-12,14H2,1-2H3,(H,24,29)(H,25,26). The highest BCUT2D eigenvalue weighted by atomic mass is 35.5. The summed E-state index contributed by atoms with van der Waals surface area (Å²) in [5.41, 5.74) is 4.11. The predicted octanol–water partition coefficient (Wildman–Crippen LogP) is 3.82. The zero-order valence-corrected chi connectivity index (χ0v) is 17.5. The molecule has 6 nitrogen and oxygen atoms in total. The van der Waals surface area contributed by atoms with Gasteiger partial charge in [0.05, 0.1) is 11.0 Å². The molecule has 3 aromatic rings. The van der Waals surface area contributed by atoms with Crippen molar-refractivity contribution in [3.8, 4) is 0 Å². The number of carbonyl (C=O) groups is 1. The topological polar surface area (TPSA) is 64.3 Å². The molecule has 1 saturated heterocycles. The van der Waals surface area contributed by atoms with Gasteiger partial charge < -0.3 is 20.1 Å². The van der Waals surface area contributed by atoms with Gasteiger partial charge in [0.25, 0.3) is 0 Å². The highest BCUT2D eigenvalue weighted by molar-refractivity contribution is 6.31. The molecule has 1 fully saturated rings. The molecule has 7 heteroatoms. The molecule has 0 saturated carbocycles. The van der Waals surface area contributed by atoms with Gasteiger partial charge in [0, 0.05) is 50.4 Å². The number of piperidine rings is 1. The molecule has 4 rings (SSSR count). The van der Waals surface area contributed by atoms with Gasteiger partial charge in [0.1, 0.15) is 0 Å². The Morgan fingerprint density at radius 2 is 1.93 bits per heavy atom. The maximum atomic E-state index is 12.6. The molecule has 1 aromatic heterocycles. The van der Waals surface area contributed by atoms with Crippen molar-refractivity contribution in [2.45, 2.75) is 19.4 Å². The number of halogens is 1. The van der Waals surface area contributed by atoms with Crippen LogP contribution in [0.15, 0.2) is 42.5 Å². The Balaban J connectivity index is 1.29. The highest BCUT2D eigenvalue weighted by Gasteiger charge is 2.26. The molecule has 152 valence electrons. The van der Waals surface area contributed by atoms with Gasteiger partial charge in [0.15, 0.2) is 0 Å². The molecular formula is C22H26ClN5O. The van der Waals surface area contributed by atoms with Crippen molar-refractivity contribution in [1.82, 2.24) is 15.3 Å². The van der Waals surface area contributed by atoms with Crippen LogP contribution in [0.2, 0.25) is 5.02 Å². The van der Waals surface area contributed by atoms with Crippen molar-refractivity contribution < 1.29 is 4.79 Å². The Bertz CT molecular complexity index is 990. The number of amides is 1. The number of rotatable bonds is 5. The fraction of sp³-hybridized carbons (Fsp3) is 0.364. The molecule has 2 heterocycles. The Labute approximate surface area is 175 Å². The zero-order valence-electron chi connectivity index (χ0n) is 16.8. The molecule has 0 aliphatic carbocycles. The van der Waals surface area contributed by atoms with Crippen molar-refractivity contribution in [3.05, 3.63) is 53.1 Å². The van der Waals surface area contributed by atoms with Gasteiger partial charge in [0.2, 0.25) is 11.9 Å². The Morgan fingerprint density at radius 1 is 1.21 bits per heavy atom. The minimum atomic E-state index is 0.0473. The molecule has 1 amide bonds. The summed E-state index contributed by atoms with van der Waals surface area (Å²) in [6.45, 7) is 2.18. The van der Waals surface area contributed by atoms with E-state index in [1.54, 1.807) is 0 Å². The molecule has 0 atom stereocenters. The Hall–Kier alpha value is -2.73. The van der Waals surface area contributed by atoms with Crippen LogP contribution in [0.3, 0.4) is 0 Å². The second-order valence-corrected chi connectivity index (χ2v) is 8.20. The van der Waals surface area contributed by atoms with Crippen molar-refractivity contribution in [1.29, 1.82) is 0 Å². The van der Waals surface area contributed by atoms with Crippen LogP contribution < -0.4 is 15.1 Å². The first-order valence-electron chi connectivity index (χ1n) is 9.94. The minimum Gasteiger partial charge on any atom is -0.378 e. The van der Waals surface area contributed by atoms with E-state index < -0.39 is 0 Å². The summed E-state index contributed by atoms with van der Waals surface area (Å²) < 4.78 is 0. The van der Waals surface area contributed by atoms with Crippen molar-refractivity contribution in [2.24, 2.45) is 5.92 Å². The van der Waals surface area contributed by atoms with Crippen LogP contribution in [0.4, 0.5) is 11.6 Å². The lowest BCUT2D eigenvalue weighted by Gasteiger charge is -2.31. The number of aromatic amines is 1. The molecule has 0 unspecified atom stereocenters. The molecule has 0 radical (unpaired) electrons. The number of nitrogens with zero attached hydrogens (tertiary/aromatic N) is 3. The number of H-pyrrole nitrogens is 1. The minimum absolute atomic E-state index is 0.0473. The van der Waals surface area contributed by atoms with E-state index in [2.05, 4.69) is 49.4 Å². The van der Waals surface area contributed by atoms with Crippen LogP contribution in [0.1, 0.15) is 18.4 Å². The number of carbonyl (C=O) groups excluding carboxylic acids is 1. The number of aromatic nitrogens is 2. The van der Waals surface area contributed by atoms with E-state index in [9.17, 15) is 4.79 Å². The van der Waals surface area contributed by atoms with Gasteiger partial charge in [-0.25, -0.2) is 4.98 Å². The molecular weight excluding hydrogens is 386 g/mol. The number of hydrogen-bond donors (Lipinski definition) is 2. The van der Waals surface area contributed by atoms with E-state index in [0.29, 0.717) is 11.6 Å². The van der Waals surface area contributed by atoms with Crippen molar-refractivity contribution in [2.75, 3.05) is 37.0 Å². The molecule has 29 heavy (non-hydrogen) atoms. The summed E-state index contributed by atoms with van der Waals surface area (Å²) >= 11 is 6.06. The maximum Gasteiger partial charge on any atom is 0.223 e. The monoisotopic (exact) mass is 411 g/mol. The van der Waals surface area contributed by atoms with Crippen LogP contribution >= 0.6 is 11.6 Å². The summed E-state index contributed by atoms with van der Waals surface area (Å²) in [5.74, 6) is 1.03. The number of imidazole rings is 1. The third kappa shape index (κ3) is 4.48. The molecule has 0 bridgehead atoms. The molecule has 2 N–H and O–H groups in total. The van der Waals surface area contributed by atoms with E-state index in [-0.39, 0.29) is 11.8 Å². The molecule has 2 aromatic carbocycles. The summed E-state index contributed by atoms with van der Waals surface area (Å²) in [6, 6.07) is 13.9. The molecule has 1 aliphatic heterocycles. The third-order valence-corrected chi connectivity index (χ3v) is 5.75. The summed E-state index contributed by atoms with van der Waals surface area (Å²) in [5, 5.41) is 3.78. The Kier molecular flexibility index (Phi) is 5.62. The highest BCUT2D eigenvalue weighted by Crippen LogP contribution is 2.25. The first-order chi connectivity index (χ1) is 14.0. The van der Waals surface area contributed by atoms with Crippen molar-refractivity contribution >= 4 is 40.2 Å². The lowest BCUT2D eigenvalue weighted by molar-refractivity contribution is -0.125. The van der Waals surface area contributed by atoms with Gasteiger partial charge in [-0.1, -0.05) is 23.7 Å². The Morgan fingerprint density at radius 3 is 2.62 bits per heavy atom. The van der Waals surface area contributed by atoms with E-state index in [4.69, 9.17) is 11.6 Å². The van der Waals surface area contributed by atoms with Crippen LogP contribution in [-0.2, 0) is 11.3 Å². The van der Waals surface area contributed by atoms with Crippen LogP contribution in [0.5, 0.6) is 0 Å². The average Bonchev–Trinajstić information content (AvgIpc) is 3.15. The summed E-state index contributed by atoms with van der Waals surface area (Å²) in [6.07, 6.45) is 1.65. The molecule has 1 aliphatic rings. The van der Waals surface area contributed by atoms with Gasteiger partial charge in [-0.15, -0.1) is 0 Å². The first kappa shape index (κ1) is 19.6. The maximum absolute atomic E-state index is 12.6. The van der Waals surface area contributed by atoms with E-state index in [1.165, 1.54) is 0 Å².